The lowest BCUT2D eigenvalue weighted by molar-refractivity contribution is -0.401. The standard InChI is InChI=1S/C26H38O8/c1-22(2)33-13-25-19(34-22)9-15(27)10-24(25,30)6-4-17-21(25)18(28)11-23(3)16(5-7-26(17,23)31)14-8-20(29)32-12-14/h8,15-19,21,27-28,30-31H,4-7,9-13H2,1-3H3/t15-,16-,17-,18-,19-,21-,23-,24-,25-,26-/m1/s1. The smallest absolute Gasteiger partial charge is 0.331 e. The number of carbonyl (C=O) groups excluding carboxylic acids is 1. The topological polar surface area (TPSA) is 126 Å². The second-order valence-electron chi connectivity index (χ2n) is 12.7. The maximum atomic E-state index is 12.4. The van der Waals surface area contributed by atoms with Gasteiger partial charge in [0.05, 0.1) is 41.5 Å². The lowest BCUT2D eigenvalue weighted by Crippen LogP contribution is -2.78. The van der Waals surface area contributed by atoms with Gasteiger partial charge in [0.2, 0.25) is 0 Å². The Morgan fingerprint density at radius 3 is 2.53 bits per heavy atom. The molecule has 0 radical (unpaired) electrons. The van der Waals surface area contributed by atoms with Crippen LogP contribution in [0.5, 0.6) is 0 Å². The van der Waals surface area contributed by atoms with Crippen molar-refractivity contribution in [2.45, 2.75) is 101 Å². The van der Waals surface area contributed by atoms with Gasteiger partial charge in [-0.05, 0) is 63.4 Å². The van der Waals surface area contributed by atoms with Gasteiger partial charge in [0.15, 0.2) is 5.79 Å². The van der Waals surface area contributed by atoms with Crippen molar-refractivity contribution in [3.63, 3.8) is 0 Å². The second kappa shape index (κ2) is 7.05. The molecule has 8 heteroatoms. The van der Waals surface area contributed by atoms with E-state index in [2.05, 4.69) is 0 Å². The van der Waals surface area contributed by atoms with Gasteiger partial charge >= 0.3 is 5.97 Å². The van der Waals surface area contributed by atoms with Crippen LogP contribution in [0.25, 0.3) is 0 Å². The summed E-state index contributed by atoms with van der Waals surface area (Å²) in [6, 6.07) is 0. The number of cyclic esters (lactones) is 1. The van der Waals surface area contributed by atoms with Gasteiger partial charge in [-0.2, -0.15) is 0 Å². The number of aliphatic hydroxyl groups excluding tert-OH is 2. The Morgan fingerprint density at radius 2 is 1.82 bits per heavy atom. The van der Waals surface area contributed by atoms with Gasteiger partial charge in [0.1, 0.15) is 6.61 Å². The first-order chi connectivity index (χ1) is 15.9. The van der Waals surface area contributed by atoms with Crippen molar-refractivity contribution in [2.24, 2.45) is 28.6 Å². The zero-order valence-corrected chi connectivity index (χ0v) is 20.3. The van der Waals surface area contributed by atoms with Crippen molar-refractivity contribution in [3.05, 3.63) is 11.6 Å². The molecule has 0 bridgehead atoms. The third kappa shape index (κ3) is 2.78. The number of carbonyl (C=O) groups is 1. The Kier molecular flexibility index (Phi) is 4.84. The molecule has 4 N–H and O–H groups in total. The van der Waals surface area contributed by atoms with Crippen LogP contribution in [0, 0.1) is 28.6 Å². The van der Waals surface area contributed by atoms with Crippen molar-refractivity contribution in [1.82, 2.24) is 0 Å². The van der Waals surface area contributed by atoms with Gasteiger partial charge in [-0.1, -0.05) is 6.92 Å². The van der Waals surface area contributed by atoms with Crippen LogP contribution in [0.2, 0.25) is 0 Å². The van der Waals surface area contributed by atoms with E-state index in [-0.39, 0.29) is 37.4 Å². The lowest BCUT2D eigenvalue weighted by Gasteiger charge is -2.70. The van der Waals surface area contributed by atoms with E-state index in [0.29, 0.717) is 32.1 Å². The molecule has 8 nitrogen and oxygen atoms in total. The third-order valence-electron chi connectivity index (χ3n) is 10.8. The van der Waals surface area contributed by atoms with Gasteiger partial charge in [-0.25, -0.2) is 4.79 Å². The summed E-state index contributed by atoms with van der Waals surface area (Å²) >= 11 is 0. The molecular formula is C26H38O8. The fourth-order valence-corrected chi connectivity index (χ4v) is 9.45. The third-order valence-corrected chi connectivity index (χ3v) is 10.8. The molecule has 5 fully saturated rings. The summed E-state index contributed by atoms with van der Waals surface area (Å²) in [6.45, 7) is 6.19. The molecule has 1 saturated heterocycles. The molecule has 0 amide bonds. The van der Waals surface area contributed by atoms with E-state index < -0.39 is 52.0 Å². The quantitative estimate of drug-likeness (QED) is 0.417. The molecule has 4 aliphatic carbocycles. The van der Waals surface area contributed by atoms with Crippen molar-refractivity contribution < 1.29 is 39.4 Å². The molecule has 0 aromatic rings. The molecule has 0 aromatic heterocycles. The highest BCUT2D eigenvalue weighted by molar-refractivity contribution is 5.85. The van der Waals surface area contributed by atoms with E-state index in [1.165, 1.54) is 0 Å². The molecule has 10 atom stereocenters. The van der Waals surface area contributed by atoms with Crippen LogP contribution in [0.15, 0.2) is 11.6 Å². The highest BCUT2D eigenvalue weighted by Gasteiger charge is 2.76. The molecule has 6 rings (SSSR count). The molecule has 1 spiro atoms. The number of hydrogen-bond donors (Lipinski definition) is 4. The first-order valence-corrected chi connectivity index (χ1v) is 12.9. The number of aliphatic hydroxyl groups is 4. The summed E-state index contributed by atoms with van der Waals surface area (Å²) in [5.74, 6) is -1.91. The number of fused-ring (bicyclic) bond motifs is 3. The van der Waals surface area contributed by atoms with Crippen LogP contribution in [0.4, 0.5) is 0 Å². The Bertz CT molecular complexity index is 932. The summed E-state index contributed by atoms with van der Waals surface area (Å²) in [4.78, 5) is 11.8. The zero-order valence-electron chi connectivity index (χ0n) is 20.3. The minimum absolute atomic E-state index is 0.0420. The normalized spacial score (nSPS) is 56.0. The molecule has 0 aromatic carbocycles. The Balaban J connectivity index is 1.43. The van der Waals surface area contributed by atoms with Crippen molar-refractivity contribution in [1.29, 1.82) is 0 Å². The van der Waals surface area contributed by atoms with Crippen molar-refractivity contribution in [3.8, 4) is 0 Å². The maximum Gasteiger partial charge on any atom is 0.331 e. The lowest BCUT2D eigenvalue weighted by atomic mass is 9.40. The summed E-state index contributed by atoms with van der Waals surface area (Å²) in [6.07, 6.45) is 2.81. The zero-order chi connectivity index (χ0) is 24.3. The molecule has 190 valence electrons. The molecule has 2 heterocycles. The summed E-state index contributed by atoms with van der Waals surface area (Å²) < 4.78 is 17.7. The van der Waals surface area contributed by atoms with E-state index in [1.807, 2.05) is 20.8 Å². The molecule has 34 heavy (non-hydrogen) atoms. The van der Waals surface area contributed by atoms with E-state index in [4.69, 9.17) is 14.2 Å². The summed E-state index contributed by atoms with van der Waals surface area (Å²) in [5, 5.41) is 46.9. The molecule has 4 saturated carbocycles. The highest BCUT2D eigenvalue weighted by atomic mass is 16.7. The number of rotatable bonds is 1. The van der Waals surface area contributed by atoms with Crippen LogP contribution in [0.3, 0.4) is 0 Å². The van der Waals surface area contributed by atoms with Gasteiger partial charge in [-0.15, -0.1) is 0 Å². The molecule has 2 aliphatic heterocycles. The summed E-state index contributed by atoms with van der Waals surface area (Å²) in [5.41, 5.74) is -2.92. The van der Waals surface area contributed by atoms with Gasteiger partial charge in [0, 0.05) is 30.3 Å². The summed E-state index contributed by atoms with van der Waals surface area (Å²) in [7, 11) is 0. The number of ether oxygens (including phenoxy) is 3. The average Bonchev–Trinajstić information content (AvgIpc) is 3.26. The van der Waals surface area contributed by atoms with Gasteiger partial charge < -0.3 is 34.6 Å². The Morgan fingerprint density at radius 1 is 1.06 bits per heavy atom. The fourth-order valence-electron chi connectivity index (χ4n) is 9.45. The maximum absolute atomic E-state index is 12.4. The number of esters is 1. The van der Waals surface area contributed by atoms with E-state index in [9.17, 15) is 25.2 Å². The SMILES string of the molecule is CC1(C)OC[C@@]23[C@H]4[C@H](O)C[C@]5(C)[C@@H](C6=CC(=O)OC6)CC[C@@]5(O)[C@@H]4CC[C@@]2(O)C[C@H](O)C[C@H]3O1. The second-order valence-corrected chi connectivity index (χ2v) is 12.7. The molecule has 6 aliphatic rings. The van der Waals surface area contributed by atoms with Crippen LogP contribution in [-0.4, -0.2) is 74.9 Å². The minimum atomic E-state index is -1.25. The van der Waals surface area contributed by atoms with E-state index >= 15 is 0 Å². The first-order valence-electron chi connectivity index (χ1n) is 12.9. The Labute approximate surface area is 200 Å². The Hall–Kier alpha value is -1.03. The molecule has 0 unspecified atom stereocenters. The monoisotopic (exact) mass is 478 g/mol. The highest BCUT2D eigenvalue weighted by Crippen LogP contribution is 2.71. The van der Waals surface area contributed by atoms with Crippen LogP contribution >= 0.6 is 0 Å². The van der Waals surface area contributed by atoms with E-state index in [0.717, 1.165) is 12.0 Å². The van der Waals surface area contributed by atoms with Crippen molar-refractivity contribution >= 4 is 5.97 Å². The minimum Gasteiger partial charge on any atom is -0.458 e. The fraction of sp³-hybridized carbons (Fsp3) is 0.885. The van der Waals surface area contributed by atoms with Crippen LogP contribution < -0.4 is 0 Å². The van der Waals surface area contributed by atoms with Crippen LogP contribution in [0.1, 0.15) is 65.7 Å². The van der Waals surface area contributed by atoms with Gasteiger partial charge in [-0.3, -0.25) is 0 Å². The largest absolute Gasteiger partial charge is 0.458 e. The van der Waals surface area contributed by atoms with Crippen molar-refractivity contribution in [2.75, 3.05) is 13.2 Å². The predicted molar refractivity (Wildman–Crippen MR) is 119 cm³/mol. The average molecular weight is 479 g/mol. The van der Waals surface area contributed by atoms with Gasteiger partial charge in [0.25, 0.3) is 0 Å². The predicted octanol–water partition coefficient (Wildman–Crippen LogP) is 1.43. The first kappa shape index (κ1) is 23.4. The van der Waals surface area contributed by atoms with E-state index in [1.54, 1.807) is 6.08 Å². The number of hydrogen-bond acceptors (Lipinski definition) is 8. The van der Waals surface area contributed by atoms with Crippen LogP contribution in [-0.2, 0) is 19.0 Å². The molecular weight excluding hydrogens is 440 g/mol.